The minimum absolute atomic E-state index is 0.111. The van der Waals surface area contributed by atoms with Gasteiger partial charge in [-0.3, -0.25) is 14.5 Å². The molecule has 15 heteroatoms. The number of amides is 2. The van der Waals surface area contributed by atoms with Gasteiger partial charge in [-0.25, -0.2) is 19.4 Å². The first-order valence-corrected chi connectivity index (χ1v) is 25.8. The highest BCUT2D eigenvalue weighted by atomic mass is 35.5. The molecule has 0 bridgehead atoms. The topological polar surface area (TPSA) is 148 Å². The van der Waals surface area contributed by atoms with Crippen molar-refractivity contribution in [2.24, 2.45) is 9.52 Å². The average Bonchev–Trinajstić information content (AvgIpc) is 3.76. The Morgan fingerprint density at radius 1 is 0.843 bits per heavy atom. The van der Waals surface area contributed by atoms with Crippen LogP contribution >= 0.6 is 23.4 Å². The van der Waals surface area contributed by atoms with Crippen LogP contribution in [0.4, 0.5) is 0 Å². The number of β-lactam (4-membered cyclic amide) rings is 1. The Balaban J connectivity index is 1.08. The molecule has 5 aromatic carbocycles. The van der Waals surface area contributed by atoms with E-state index in [2.05, 4.69) is 15.2 Å². The smallest absolute Gasteiger partial charge is 0.356 e. The highest BCUT2D eigenvalue weighted by Crippen LogP contribution is 2.43. The van der Waals surface area contributed by atoms with E-state index in [1.165, 1.54) is 16.7 Å². The van der Waals surface area contributed by atoms with Gasteiger partial charge < -0.3 is 20.1 Å². The highest BCUT2D eigenvalue weighted by Gasteiger charge is 2.54. The number of carbonyl (C=O) groups excluding carboxylic acids is 4. The maximum absolute atomic E-state index is 14.4. The number of rotatable bonds is 17. The molecule has 3 aliphatic heterocycles. The van der Waals surface area contributed by atoms with Crippen LogP contribution in [0.2, 0.25) is 0 Å². The maximum Gasteiger partial charge on any atom is 0.356 e. The second kappa shape index (κ2) is 22.4. The van der Waals surface area contributed by atoms with Crippen molar-refractivity contribution in [3.8, 4) is 0 Å². The summed E-state index contributed by atoms with van der Waals surface area (Å²) in [6, 6.07) is 47.7. The number of thioether (sulfide) groups is 1. The van der Waals surface area contributed by atoms with Gasteiger partial charge in [0.25, 0.3) is 5.91 Å². The fraction of sp³-hybridized carbons (Fsp3) is 0.255. The lowest BCUT2D eigenvalue weighted by atomic mass is 9.77. The Morgan fingerprint density at radius 3 is 1.87 bits per heavy atom. The molecule has 70 heavy (non-hydrogen) atoms. The summed E-state index contributed by atoms with van der Waals surface area (Å²) < 4.78 is 16.5. The number of fused-ring (bicyclic) bond motifs is 1. The standard InChI is InChI=1S/C55H54ClN5O7S2/c1-5-44(51(64)67-54(2,3)4)68-60-70-36-43(57-53(70)59-55(40-27-15-8-16-28-40,41-29-17-9-18-30-41)42-31-19-10-20-32-42)34-45(62)58-46-49(63)61-47(39(26-21-33-56)35-69-50(46)61)52(65)66-48(37-22-11-6-12-23-37)38-24-13-7-14-25-38/h6-32,36,44,46,48,50H,5,33-35H2,1-4H3,(H,57,59)(H,58,62)/b26-21-. The lowest BCUT2D eigenvalue weighted by Crippen LogP contribution is -2.70. The van der Waals surface area contributed by atoms with E-state index in [1.54, 1.807) is 38.3 Å². The van der Waals surface area contributed by atoms with Crippen molar-refractivity contribution in [1.29, 1.82) is 0 Å². The van der Waals surface area contributed by atoms with Crippen LogP contribution in [-0.2, 0) is 49.7 Å². The zero-order valence-electron chi connectivity index (χ0n) is 39.2. The van der Waals surface area contributed by atoms with Crippen molar-refractivity contribution in [1.82, 2.24) is 15.5 Å². The highest BCUT2D eigenvalue weighted by molar-refractivity contribution is 8.05. The van der Waals surface area contributed by atoms with Gasteiger partial charge in [-0.05, 0) is 60.6 Å². The molecule has 360 valence electrons. The number of ether oxygens (including phenoxy) is 2. The normalized spacial score (nSPS) is 19.1. The van der Waals surface area contributed by atoms with Crippen molar-refractivity contribution < 1.29 is 33.5 Å². The van der Waals surface area contributed by atoms with Crippen molar-refractivity contribution in [3.63, 3.8) is 0 Å². The van der Waals surface area contributed by atoms with Crippen molar-refractivity contribution >= 4 is 63.0 Å². The quantitative estimate of drug-likeness (QED) is 0.0306. The van der Waals surface area contributed by atoms with Gasteiger partial charge in [0.2, 0.25) is 5.91 Å². The van der Waals surface area contributed by atoms with E-state index in [9.17, 15) is 19.2 Å². The molecule has 1 saturated heterocycles. The molecule has 4 unspecified atom stereocenters. The minimum Gasteiger partial charge on any atom is -0.458 e. The van der Waals surface area contributed by atoms with Crippen molar-refractivity contribution in [3.05, 3.63) is 214 Å². The molecular formula is C55H54ClN5O7S2. The molecule has 0 aromatic heterocycles. The van der Waals surface area contributed by atoms with Gasteiger partial charge in [0.15, 0.2) is 17.4 Å². The summed E-state index contributed by atoms with van der Waals surface area (Å²) in [6.07, 6.45) is 1.83. The predicted octanol–water partition coefficient (Wildman–Crippen LogP) is 9.80. The summed E-state index contributed by atoms with van der Waals surface area (Å²) in [4.78, 5) is 68.9. The SMILES string of the molecule is CCC(O/N=S1\C=C(CC(=O)NC2C(=O)N3C(C(=O)OC(c4ccccc4)c4ccccc4)=C(/C=C\CCl)CSC23)NC1=NC(c1ccccc1)(c1ccccc1)c1ccccc1)C(=O)OC(C)(C)C. The number of amidine groups is 1. The summed E-state index contributed by atoms with van der Waals surface area (Å²) in [6.45, 7) is 7.17. The molecule has 1 fully saturated rings. The van der Waals surface area contributed by atoms with Gasteiger partial charge in [-0.15, -0.1) is 23.4 Å². The minimum atomic E-state index is -1.27. The molecule has 0 radical (unpaired) electrons. The van der Waals surface area contributed by atoms with Crippen LogP contribution in [0.1, 0.15) is 74.5 Å². The summed E-state index contributed by atoms with van der Waals surface area (Å²) >= 11 is 7.48. The molecule has 4 atom stereocenters. The second-order valence-corrected chi connectivity index (χ2v) is 20.4. The molecule has 0 spiro atoms. The van der Waals surface area contributed by atoms with Crippen LogP contribution < -0.4 is 10.6 Å². The lowest BCUT2D eigenvalue weighted by molar-refractivity contribution is -0.168. The summed E-state index contributed by atoms with van der Waals surface area (Å²) in [5.41, 5.74) is 3.50. The summed E-state index contributed by atoms with van der Waals surface area (Å²) in [5, 5.41) is 7.92. The van der Waals surface area contributed by atoms with Gasteiger partial charge in [0.1, 0.15) is 28.3 Å². The number of hydrogen-bond donors (Lipinski definition) is 2. The van der Waals surface area contributed by atoms with Gasteiger partial charge in [0.05, 0.1) is 6.42 Å². The molecule has 3 aliphatic rings. The van der Waals surface area contributed by atoms with E-state index < -0.39 is 69.2 Å². The van der Waals surface area contributed by atoms with E-state index in [1.807, 2.05) is 159 Å². The number of nitrogens with one attached hydrogen (secondary N) is 2. The molecule has 0 aliphatic carbocycles. The number of alkyl halides is 1. The van der Waals surface area contributed by atoms with E-state index in [4.69, 9.17) is 30.9 Å². The average molecular weight is 997 g/mol. The largest absolute Gasteiger partial charge is 0.458 e. The maximum atomic E-state index is 14.4. The van der Waals surface area contributed by atoms with Crippen molar-refractivity contribution in [2.45, 2.75) is 75.3 Å². The Kier molecular flexibility index (Phi) is 16.0. The third-order valence-electron chi connectivity index (χ3n) is 11.6. The number of hydrogen-bond acceptors (Lipinski definition) is 10. The number of halogens is 1. The molecule has 0 saturated carbocycles. The van der Waals surface area contributed by atoms with Crippen LogP contribution in [0.15, 0.2) is 196 Å². The van der Waals surface area contributed by atoms with E-state index in [-0.39, 0.29) is 18.0 Å². The molecule has 3 heterocycles. The number of esters is 2. The lowest BCUT2D eigenvalue weighted by Gasteiger charge is -2.49. The Bertz CT molecular complexity index is 2700. The molecule has 2 amide bonds. The Hall–Kier alpha value is -6.58. The zero-order valence-corrected chi connectivity index (χ0v) is 41.6. The first-order valence-electron chi connectivity index (χ1n) is 23.0. The molecular weight excluding hydrogens is 942 g/mol. The molecule has 8 rings (SSSR count). The van der Waals surface area contributed by atoms with Gasteiger partial charge in [-0.1, -0.05) is 175 Å². The van der Waals surface area contributed by atoms with E-state index >= 15 is 0 Å². The second-order valence-electron chi connectivity index (χ2n) is 17.6. The first-order chi connectivity index (χ1) is 33.9. The number of aliphatic imine (C=N–C) groups is 1. The zero-order chi connectivity index (χ0) is 49.3. The number of allylic oxidation sites excluding steroid dienone is 2. The monoisotopic (exact) mass is 995 g/mol. The van der Waals surface area contributed by atoms with Crippen LogP contribution in [0, 0.1) is 0 Å². The van der Waals surface area contributed by atoms with Crippen LogP contribution in [-0.4, -0.2) is 68.6 Å². The van der Waals surface area contributed by atoms with Crippen LogP contribution in [0.3, 0.4) is 0 Å². The summed E-state index contributed by atoms with van der Waals surface area (Å²) in [5.74, 6) is -1.55. The third kappa shape index (κ3) is 11.2. The summed E-state index contributed by atoms with van der Waals surface area (Å²) in [7, 11) is -1.27. The number of carbonyl (C=O) groups is 4. The Morgan fingerprint density at radius 2 is 1.37 bits per heavy atom. The first kappa shape index (κ1) is 49.8. The fourth-order valence-corrected chi connectivity index (χ4v) is 11.1. The van der Waals surface area contributed by atoms with Crippen molar-refractivity contribution in [2.75, 3.05) is 11.6 Å². The van der Waals surface area contributed by atoms with Crippen LogP contribution in [0.25, 0.3) is 0 Å². The molecule has 2 N–H and O–H groups in total. The van der Waals surface area contributed by atoms with E-state index in [0.29, 0.717) is 28.6 Å². The van der Waals surface area contributed by atoms with Gasteiger partial charge >= 0.3 is 11.9 Å². The molecule has 12 nitrogen and oxygen atoms in total. The van der Waals surface area contributed by atoms with E-state index in [0.717, 1.165) is 27.8 Å². The predicted molar refractivity (Wildman–Crippen MR) is 276 cm³/mol. The van der Waals surface area contributed by atoms with Gasteiger partial charge in [-0.2, -0.15) is 0 Å². The number of benzene rings is 5. The molecule has 5 aromatic rings. The van der Waals surface area contributed by atoms with Crippen LogP contribution in [0.5, 0.6) is 0 Å². The third-order valence-corrected chi connectivity index (χ3v) is 14.4. The Labute approximate surface area is 420 Å². The number of nitrogens with zero attached hydrogens (tertiary/aromatic N) is 3. The van der Waals surface area contributed by atoms with Gasteiger partial charge in [0, 0.05) is 33.4 Å². The fourth-order valence-electron chi connectivity index (χ4n) is 8.35.